The lowest BCUT2D eigenvalue weighted by molar-refractivity contribution is 0.0348. The maximum atomic E-state index is 14.0. The first-order chi connectivity index (χ1) is 8.03. The lowest BCUT2D eigenvalue weighted by Gasteiger charge is -2.15. The van der Waals surface area contributed by atoms with Crippen LogP contribution >= 0.6 is 0 Å². The highest BCUT2D eigenvalue weighted by Gasteiger charge is 2.39. The normalized spacial score (nSPS) is 11.4. The van der Waals surface area contributed by atoms with Crippen LogP contribution in [0, 0.1) is 0 Å². The van der Waals surface area contributed by atoms with Gasteiger partial charge in [0.05, 0.1) is 6.20 Å². The third-order valence-electron chi connectivity index (χ3n) is 2.32. The Bertz CT molecular complexity index is 537. The Morgan fingerprint density at radius 3 is 2.53 bits per heavy atom. The van der Waals surface area contributed by atoms with Crippen molar-refractivity contribution >= 4 is 5.97 Å². The number of carboxylic acids is 1. The topological polar surface area (TPSA) is 66.0 Å². The van der Waals surface area contributed by atoms with Gasteiger partial charge in [0, 0.05) is 5.56 Å². The molecule has 4 nitrogen and oxygen atoms in total. The number of halogens is 2. The first-order valence-electron chi connectivity index (χ1n) is 4.74. The Kier molecular flexibility index (Phi) is 2.63. The zero-order chi connectivity index (χ0) is 12.5. The van der Waals surface area contributed by atoms with Crippen molar-refractivity contribution in [2.24, 2.45) is 0 Å². The number of benzene rings is 1. The highest BCUT2D eigenvalue weighted by molar-refractivity contribution is 5.89. The summed E-state index contributed by atoms with van der Waals surface area (Å²) in [5, 5.41) is 14.2. The number of aromatic nitrogens is 2. The number of carboxylic acid groups (broad SMARTS) is 1. The van der Waals surface area contributed by atoms with E-state index in [0.29, 0.717) is 0 Å². The van der Waals surface area contributed by atoms with Crippen LogP contribution in [0.2, 0.25) is 0 Å². The van der Waals surface area contributed by atoms with E-state index in [4.69, 9.17) is 5.11 Å². The minimum Gasteiger partial charge on any atom is -0.478 e. The van der Waals surface area contributed by atoms with Crippen LogP contribution in [0.25, 0.3) is 0 Å². The van der Waals surface area contributed by atoms with Gasteiger partial charge in [-0.15, -0.1) is 0 Å². The zero-order valence-corrected chi connectivity index (χ0v) is 8.52. The first kappa shape index (κ1) is 11.3. The van der Waals surface area contributed by atoms with Gasteiger partial charge < -0.3 is 5.11 Å². The Morgan fingerprint density at radius 2 is 1.94 bits per heavy atom. The van der Waals surface area contributed by atoms with E-state index in [0.717, 1.165) is 6.20 Å². The van der Waals surface area contributed by atoms with E-state index in [9.17, 15) is 13.6 Å². The van der Waals surface area contributed by atoms with Gasteiger partial charge in [-0.25, -0.2) is 4.79 Å². The number of hydrogen-bond donors (Lipinski definition) is 2. The van der Waals surface area contributed by atoms with Crippen molar-refractivity contribution in [1.82, 2.24) is 10.2 Å². The summed E-state index contributed by atoms with van der Waals surface area (Å²) in [7, 11) is 0. The molecule has 0 fully saturated rings. The molecule has 0 atom stereocenters. The largest absolute Gasteiger partial charge is 0.478 e. The first-order valence-corrected chi connectivity index (χ1v) is 4.74. The highest BCUT2D eigenvalue weighted by Crippen LogP contribution is 2.35. The van der Waals surface area contributed by atoms with Gasteiger partial charge in [0.25, 0.3) is 0 Å². The number of aromatic amines is 1. The van der Waals surface area contributed by atoms with Crippen LogP contribution in [0.3, 0.4) is 0 Å². The smallest absolute Gasteiger partial charge is 0.339 e. The van der Waals surface area contributed by atoms with Crippen LogP contribution in [0.15, 0.2) is 36.5 Å². The van der Waals surface area contributed by atoms with Gasteiger partial charge >= 0.3 is 11.9 Å². The molecule has 0 bridgehead atoms. The number of aromatic carboxylic acids is 1. The van der Waals surface area contributed by atoms with E-state index in [2.05, 4.69) is 5.10 Å². The van der Waals surface area contributed by atoms with E-state index < -0.39 is 23.1 Å². The fraction of sp³-hybridized carbons (Fsp3) is 0.0909. The average Bonchev–Trinajstić information content (AvgIpc) is 2.80. The van der Waals surface area contributed by atoms with E-state index >= 15 is 0 Å². The van der Waals surface area contributed by atoms with Crippen molar-refractivity contribution in [3.05, 3.63) is 53.3 Å². The standard InChI is InChI=1S/C11H8F2N2O2/c12-11(13,7-4-2-1-3-5-7)9-8(10(16)17)6-14-15-9/h1-6H,(H,14,15)(H,16,17). The average molecular weight is 238 g/mol. The maximum absolute atomic E-state index is 14.0. The Hall–Kier alpha value is -2.24. The predicted octanol–water partition coefficient (Wildman–Crippen LogP) is 2.25. The molecule has 88 valence electrons. The Morgan fingerprint density at radius 1 is 1.29 bits per heavy atom. The second kappa shape index (κ2) is 3.97. The summed E-state index contributed by atoms with van der Waals surface area (Å²) in [6, 6.07) is 6.98. The van der Waals surface area contributed by atoms with Gasteiger partial charge in [0.1, 0.15) is 11.3 Å². The Balaban J connectivity index is 2.52. The molecule has 2 rings (SSSR count). The van der Waals surface area contributed by atoms with Crippen molar-refractivity contribution < 1.29 is 18.7 Å². The maximum Gasteiger partial charge on any atom is 0.339 e. The molecular weight excluding hydrogens is 230 g/mol. The second-order valence-electron chi connectivity index (χ2n) is 3.40. The van der Waals surface area contributed by atoms with Crippen LogP contribution in [0.5, 0.6) is 0 Å². The SMILES string of the molecule is O=C(O)c1cn[nH]c1C(F)(F)c1ccccc1. The summed E-state index contributed by atoms with van der Waals surface area (Å²) in [6.45, 7) is 0. The molecule has 0 saturated heterocycles. The summed E-state index contributed by atoms with van der Waals surface area (Å²) in [5.74, 6) is -4.85. The lowest BCUT2D eigenvalue weighted by atomic mass is 10.0. The van der Waals surface area contributed by atoms with E-state index in [1.54, 1.807) is 6.07 Å². The van der Waals surface area contributed by atoms with E-state index in [-0.39, 0.29) is 5.56 Å². The quantitative estimate of drug-likeness (QED) is 0.861. The molecule has 0 aliphatic carbocycles. The molecule has 0 saturated carbocycles. The summed E-state index contributed by atoms with van der Waals surface area (Å²) < 4.78 is 28.0. The Labute approximate surface area is 94.9 Å². The molecule has 0 aliphatic rings. The molecule has 0 radical (unpaired) electrons. The van der Waals surface area contributed by atoms with Crippen molar-refractivity contribution in [2.45, 2.75) is 5.92 Å². The third-order valence-corrected chi connectivity index (χ3v) is 2.32. The molecule has 0 unspecified atom stereocenters. The number of nitrogens with zero attached hydrogens (tertiary/aromatic N) is 1. The molecule has 2 N–H and O–H groups in total. The van der Waals surface area contributed by atoms with Gasteiger partial charge in [0.2, 0.25) is 0 Å². The van der Waals surface area contributed by atoms with Gasteiger partial charge in [-0.1, -0.05) is 30.3 Å². The van der Waals surface area contributed by atoms with Gasteiger partial charge in [-0.3, -0.25) is 5.10 Å². The molecule has 6 heteroatoms. The molecular formula is C11H8F2N2O2. The molecule has 17 heavy (non-hydrogen) atoms. The van der Waals surface area contributed by atoms with Gasteiger partial charge in [-0.05, 0) is 0 Å². The lowest BCUT2D eigenvalue weighted by Crippen LogP contribution is -2.19. The molecule has 0 aliphatic heterocycles. The number of carbonyl (C=O) groups is 1. The third kappa shape index (κ3) is 1.89. The van der Waals surface area contributed by atoms with Crippen LogP contribution in [0.1, 0.15) is 21.6 Å². The van der Waals surface area contributed by atoms with Crippen LogP contribution < -0.4 is 0 Å². The van der Waals surface area contributed by atoms with Crippen molar-refractivity contribution in [3.8, 4) is 0 Å². The summed E-state index contributed by atoms with van der Waals surface area (Å²) in [5.41, 5.74) is -1.53. The minimum absolute atomic E-state index is 0.285. The monoisotopic (exact) mass is 238 g/mol. The number of hydrogen-bond acceptors (Lipinski definition) is 2. The van der Waals surface area contributed by atoms with Gasteiger partial charge in [-0.2, -0.15) is 13.9 Å². The summed E-state index contributed by atoms with van der Waals surface area (Å²) in [6.07, 6.45) is 0.870. The van der Waals surface area contributed by atoms with Crippen LogP contribution in [-0.4, -0.2) is 21.3 Å². The molecule has 1 aromatic carbocycles. The number of rotatable bonds is 3. The molecule has 0 spiro atoms. The van der Waals surface area contributed by atoms with Crippen molar-refractivity contribution in [1.29, 1.82) is 0 Å². The summed E-state index contributed by atoms with van der Waals surface area (Å²) in [4.78, 5) is 10.8. The van der Waals surface area contributed by atoms with Crippen LogP contribution in [-0.2, 0) is 5.92 Å². The molecule has 1 heterocycles. The molecule has 2 aromatic rings. The number of alkyl halides is 2. The summed E-state index contributed by atoms with van der Waals surface area (Å²) >= 11 is 0. The second-order valence-corrected chi connectivity index (χ2v) is 3.40. The molecule has 1 aromatic heterocycles. The molecule has 0 amide bonds. The van der Waals surface area contributed by atoms with Gasteiger partial charge in [0.15, 0.2) is 0 Å². The van der Waals surface area contributed by atoms with Crippen molar-refractivity contribution in [3.63, 3.8) is 0 Å². The van der Waals surface area contributed by atoms with Crippen LogP contribution in [0.4, 0.5) is 8.78 Å². The van der Waals surface area contributed by atoms with E-state index in [1.807, 2.05) is 5.10 Å². The van der Waals surface area contributed by atoms with E-state index in [1.165, 1.54) is 24.3 Å². The van der Waals surface area contributed by atoms with Crippen molar-refractivity contribution in [2.75, 3.05) is 0 Å². The minimum atomic E-state index is -3.41. The number of nitrogens with one attached hydrogen (secondary N) is 1. The highest BCUT2D eigenvalue weighted by atomic mass is 19.3. The number of H-pyrrole nitrogens is 1. The fourth-order valence-electron chi connectivity index (χ4n) is 1.48. The predicted molar refractivity (Wildman–Crippen MR) is 55.0 cm³/mol. The fourth-order valence-corrected chi connectivity index (χ4v) is 1.48. The zero-order valence-electron chi connectivity index (χ0n) is 8.52.